The molecule has 0 saturated carbocycles. The van der Waals surface area contributed by atoms with Crippen molar-refractivity contribution in [3.63, 3.8) is 0 Å². The third kappa shape index (κ3) is 7.54. The van der Waals surface area contributed by atoms with Crippen LogP contribution < -0.4 is 0 Å². The van der Waals surface area contributed by atoms with E-state index in [1.807, 2.05) is 6.92 Å². The first-order valence-electron chi connectivity index (χ1n) is 4.57. The van der Waals surface area contributed by atoms with Gasteiger partial charge in [0.25, 0.3) is 0 Å². The van der Waals surface area contributed by atoms with Gasteiger partial charge in [-0.3, -0.25) is 4.79 Å². The van der Waals surface area contributed by atoms with Crippen molar-refractivity contribution in [1.29, 1.82) is 0 Å². The van der Waals surface area contributed by atoms with Crippen LogP contribution in [0.25, 0.3) is 0 Å². The molecule has 3 nitrogen and oxygen atoms in total. The Kier molecular flexibility index (Phi) is 6.76. The first-order chi connectivity index (χ1) is 5.66. The van der Waals surface area contributed by atoms with Crippen LogP contribution in [0, 0.1) is 0 Å². The Balaban J connectivity index is 0.000000202. The fourth-order valence-electron chi connectivity index (χ4n) is 1.09. The highest BCUT2D eigenvalue weighted by Gasteiger charge is 2.03. The Bertz CT molecular complexity index is 120. The van der Waals surface area contributed by atoms with Crippen LogP contribution in [0.5, 0.6) is 0 Å². The summed E-state index contributed by atoms with van der Waals surface area (Å²) in [5.41, 5.74) is 0. The number of nitrogens with zero attached hydrogens (tertiary/aromatic N) is 1. The molecule has 1 aliphatic rings. The molecule has 0 unspecified atom stereocenters. The molecule has 0 atom stereocenters. The number of hydrogen-bond acceptors (Lipinski definition) is 2. The van der Waals surface area contributed by atoms with E-state index in [1.165, 1.54) is 25.9 Å². The lowest BCUT2D eigenvalue weighted by molar-refractivity contribution is -0.137. The predicted octanol–water partition coefficient (Wildman–Crippen LogP) is 1.58. The van der Waals surface area contributed by atoms with Crippen LogP contribution >= 0.6 is 0 Å². The molecule has 3 heteroatoms. The highest BCUT2D eigenvalue weighted by molar-refractivity contribution is 5.66. The minimum atomic E-state index is -0.711. The third-order valence-corrected chi connectivity index (χ3v) is 1.79. The molecule has 0 aromatic heterocycles. The molecule has 1 saturated heterocycles. The maximum absolute atomic E-state index is 9.60. The average molecular weight is 173 g/mol. The van der Waals surface area contributed by atoms with Crippen LogP contribution in [0.4, 0.5) is 0 Å². The average Bonchev–Trinajstić information content (AvgIpc) is 2.40. The molecular formula is C9H19NO2. The van der Waals surface area contributed by atoms with Crippen molar-refractivity contribution in [3.8, 4) is 0 Å². The van der Waals surface area contributed by atoms with Gasteiger partial charge in [0, 0.05) is 6.42 Å². The Morgan fingerprint density at radius 1 is 1.42 bits per heavy atom. The standard InChI is InChI=1S/C5H11N.C4H8O2/c1-6-4-2-3-5-6;1-2-3-4(5)6/h2-5H2,1H3;2-3H2,1H3,(H,5,6). The summed E-state index contributed by atoms with van der Waals surface area (Å²) in [6.45, 7) is 4.48. The summed E-state index contributed by atoms with van der Waals surface area (Å²) in [7, 11) is 2.17. The fourth-order valence-corrected chi connectivity index (χ4v) is 1.09. The van der Waals surface area contributed by atoms with Gasteiger partial charge in [0.2, 0.25) is 0 Å². The quantitative estimate of drug-likeness (QED) is 0.689. The highest BCUT2D eigenvalue weighted by Crippen LogP contribution is 2.02. The molecule has 0 aliphatic carbocycles. The van der Waals surface area contributed by atoms with Gasteiger partial charge in [-0.15, -0.1) is 0 Å². The zero-order chi connectivity index (χ0) is 9.40. The Morgan fingerprint density at radius 3 is 2.00 bits per heavy atom. The molecule has 0 radical (unpaired) electrons. The van der Waals surface area contributed by atoms with Crippen molar-refractivity contribution in [3.05, 3.63) is 0 Å². The first kappa shape index (κ1) is 11.4. The zero-order valence-corrected chi connectivity index (χ0v) is 8.05. The molecule has 0 bridgehead atoms. The van der Waals surface area contributed by atoms with Crippen LogP contribution in [-0.4, -0.2) is 36.1 Å². The van der Waals surface area contributed by atoms with E-state index >= 15 is 0 Å². The minimum Gasteiger partial charge on any atom is -0.481 e. The van der Waals surface area contributed by atoms with Gasteiger partial charge in [-0.05, 0) is 39.4 Å². The van der Waals surface area contributed by atoms with Crippen LogP contribution in [0.15, 0.2) is 0 Å². The lowest BCUT2D eigenvalue weighted by Gasteiger charge is -2.01. The van der Waals surface area contributed by atoms with Gasteiger partial charge >= 0.3 is 5.97 Å². The summed E-state index contributed by atoms with van der Waals surface area (Å²) in [5, 5.41) is 7.91. The zero-order valence-electron chi connectivity index (χ0n) is 8.05. The second-order valence-electron chi connectivity index (χ2n) is 3.15. The highest BCUT2D eigenvalue weighted by atomic mass is 16.4. The van der Waals surface area contributed by atoms with Crippen molar-refractivity contribution in [1.82, 2.24) is 4.90 Å². The molecule has 0 aromatic carbocycles. The fraction of sp³-hybridized carbons (Fsp3) is 0.889. The maximum Gasteiger partial charge on any atom is 0.303 e. The van der Waals surface area contributed by atoms with Gasteiger partial charge < -0.3 is 10.0 Å². The molecule has 12 heavy (non-hydrogen) atoms. The smallest absolute Gasteiger partial charge is 0.303 e. The van der Waals surface area contributed by atoms with Crippen molar-refractivity contribution in [2.75, 3.05) is 20.1 Å². The molecule has 1 N–H and O–H groups in total. The number of rotatable bonds is 2. The van der Waals surface area contributed by atoms with E-state index in [1.54, 1.807) is 0 Å². The number of hydrogen-bond donors (Lipinski definition) is 1. The third-order valence-electron chi connectivity index (χ3n) is 1.79. The van der Waals surface area contributed by atoms with E-state index in [0.717, 1.165) is 6.42 Å². The van der Waals surface area contributed by atoms with Crippen molar-refractivity contribution < 1.29 is 9.90 Å². The Hall–Kier alpha value is -0.570. The SMILES string of the molecule is CCCC(=O)O.CN1CCCC1. The second-order valence-corrected chi connectivity index (χ2v) is 3.15. The molecule has 1 aliphatic heterocycles. The number of likely N-dealkylation sites (tertiary alicyclic amines) is 1. The Labute approximate surface area is 74.4 Å². The molecule has 0 amide bonds. The van der Waals surface area contributed by atoms with Gasteiger partial charge in [0.15, 0.2) is 0 Å². The summed E-state index contributed by atoms with van der Waals surface area (Å²) < 4.78 is 0. The minimum absolute atomic E-state index is 0.292. The predicted molar refractivity (Wildman–Crippen MR) is 49.3 cm³/mol. The summed E-state index contributed by atoms with van der Waals surface area (Å²) in [5.74, 6) is -0.711. The van der Waals surface area contributed by atoms with Crippen LogP contribution in [0.3, 0.4) is 0 Å². The van der Waals surface area contributed by atoms with Gasteiger partial charge in [0.1, 0.15) is 0 Å². The Morgan fingerprint density at radius 2 is 1.92 bits per heavy atom. The normalized spacial score (nSPS) is 16.8. The molecule has 1 rings (SSSR count). The summed E-state index contributed by atoms with van der Waals surface area (Å²) in [6, 6.07) is 0. The van der Waals surface area contributed by atoms with E-state index in [-0.39, 0.29) is 0 Å². The van der Waals surface area contributed by atoms with Crippen LogP contribution in [0.1, 0.15) is 32.6 Å². The topological polar surface area (TPSA) is 40.5 Å². The number of carboxylic acid groups (broad SMARTS) is 1. The summed E-state index contributed by atoms with van der Waals surface area (Å²) in [6.07, 6.45) is 3.85. The molecule has 0 spiro atoms. The first-order valence-corrected chi connectivity index (χ1v) is 4.57. The number of carbonyl (C=O) groups is 1. The van der Waals surface area contributed by atoms with Gasteiger partial charge in [-0.2, -0.15) is 0 Å². The van der Waals surface area contributed by atoms with E-state index in [4.69, 9.17) is 5.11 Å². The van der Waals surface area contributed by atoms with Gasteiger partial charge in [-0.25, -0.2) is 0 Å². The number of aliphatic carboxylic acids is 1. The molecule has 0 aromatic rings. The van der Waals surface area contributed by atoms with E-state index in [0.29, 0.717) is 6.42 Å². The summed E-state index contributed by atoms with van der Waals surface area (Å²) >= 11 is 0. The van der Waals surface area contributed by atoms with E-state index in [9.17, 15) is 4.79 Å². The van der Waals surface area contributed by atoms with E-state index in [2.05, 4.69) is 11.9 Å². The maximum atomic E-state index is 9.60. The molecule has 1 heterocycles. The monoisotopic (exact) mass is 173 g/mol. The van der Waals surface area contributed by atoms with Crippen molar-refractivity contribution in [2.24, 2.45) is 0 Å². The van der Waals surface area contributed by atoms with E-state index < -0.39 is 5.97 Å². The molecule has 72 valence electrons. The lowest BCUT2D eigenvalue weighted by atomic mass is 10.4. The second kappa shape index (κ2) is 7.10. The largest absolute Gasteiger partial charge is 0.481 e. The molecular weight excluding hydrogens is 154 g/mol. The molecule has 1 fully saturated rings. The van der Waals surface area contributed by atoms with Crippen molar-refractivity contribution in [2.45, 2.75) is 32.6 Å². The van der Waals surface area contributed by atoms with Crippen LogP contribution in [-0.2, 0) is 4.79 Å². The van der Waals surface area contributed by atoms with Crippen LogP contribution in [0.2, 0.25) is 0 Å². The van der Waals surface area contributed by atoms with Gasteiger partial charge in [-0.1, -0.05) is 6.92 Å². The summed E-state index contributed by atoms with van der Waals surface area (Å²) in [4.78, 5) is 12.0. The number of carboxylic acids is 1. The lowest BCUT2D eigenvalue weighted by Crippen LogP contribution is -2.10. The van der Waals surface area contributed by atoms with Gasteiger partial charge in [0.05, 0.1) is 0 Å². The van der Waals surface area contributed by atoms with Crippen molar-refractivity contribution >= 4 is 5.97 Å².